The van der Waals surface area contributed by atoms with Crippen molar-refractivity contribution in [2.24, 2.45) is 0 Å². The molecule has 0 aliphatic rings. The van der Waals surface area contributed by atoms with Crippen LogP contribution in [0.25, 0.3) is 10.9 Å². The van der Waals surface area contributed by atoms with Crippen molar-refractivity contribution in [3.8, 4) is 5.75 Å². The minimum absolute atomic E-state index is 0.154. The Balaban J connectivity index is 1.40. The van der Waals surface area contributed by atoms with Crippen LogP contribution in [0.5, 0.6) is 5.75 Å². The highest BCUT2D eigenvalue weighted by atomic mass is 35.5. The molecule has 1 unspecified atom stereocenters. The lowest BCUT2D eigenvalue weighted by atomic mass is 9.97. The molecule has 0 radical (unpaired) electrons. The lowest BCUT2D eigenvalue weighted by Crippen LogP contribution is -2.66. The molecule has 7 aromatic rings. The smallest absolute Gasteiger partial charge is 0.305 e. The van der Waals surface area contributed by atoms with Crippen molar-refractivity contribution in [2.75, 3.05) is 13.7 Å². The molecule has 0 saturated carbocycles. The SMILES string of the molecule is COC(=O)CCc1ccc(OCCc2c(C(C)O[Si](c3ccccc3)(c3ccccc3)C(C)(C)C)n(C(c3ccccc3)c3ccccc3)c3ccc(Cl)cc23)cc1. The van der Waals surface area contributed by atoms with Gasteiger partial charge in [0.25, 0.3) is 8.32 Å². The number of halogens is 1. The second-order valence-corrected chi connectivity index (χ2v) is 20.6. The molecule has 0 aliphatic heterocycles. The van der Waals surface area contributed by atoms with Crippen LogP contribution in [-0.2, 0) is 26.8 Å². The number of aryl methyl sites for hydroxylation is 1. The number of aromatic nitrogens is 1. The van der Waals surface area contributed by atoms with E-state index in [1.54, 1.807) is 0 Å². The number of ether oxygens (including phenoxy) is 2. The minimum Gasteiger partial charge on any atom is -0.493 e. The van der Waals surface area contributed by atoms with Crippen LogP contribution in [0.2, 0.25) is 10.1 Å². The molecule has 7 heteroatoms. The zero-order valence-corrected chi connectivity index (χ0v) is 35.8. The first kappa shape index (κ1) is 40.8. The molecule has 0 amide bonds. The van der Waals surface area contributed by atoms with Crippen molar-refractivity contribution in [3.05, 3.63) is 197 Å². The van der Waals surface area contributed by atoms with E-state index in [9.17, 15) is 4.79 Å². The molecule has 0 N–H and O–H groups in total. The zero-order valence-electron chi connectivity index (χ0n) is 34.0. The normalized spacial score (nSPS) is 12.5. The first-order valence-electron chi connectivity index (χ1n) is 20.1. The van der Waals surface area contributed by atoms with E-state index in [1.165, 1.54) is 28.6 Å². The second kappa shape index (κ2) is 18.0. The van der Waals surface area contributed by atoms with E-state index in [0.29, 0.717) is 30.9 Å². The number of methoxy groups -OCH3 is 1. The van der Waals surface area contributed by atoms with Crippen LogP contribution in [0.3, 0.4) is 0 Å². The number of nitrogens with zero attached hydrogens (tertiary/aromatic N) is 1. The Bertz CT molecular complexity index is 2330. The van der Waals surface area contributed by atoms with Gasteiger partial charge in [0.1, 0.15) is 5.75 Å². The number of hydrogen-bond acceptors (Lipinski definition) is 4. The summed E-state index contributed by atoms with van der Waals surface area (Å²) in [6.45, 7) is 9.65. The average Bonchev–Trinajstić information content (AvgIpc) is 3.55. The Morgan fingerprint density at radius 2 is 1.24 bits per heavy atom. The maximum absolute atomic E-state index is 11.7. The highest BCUT2D eigenvalue weighted by Crippen LogP contribution is 2.44. The molecular weight excluding hydrogens is 754 g/mol. The van der Waals surface area contributed by atoms with Gasteiger partial charge in [-0.1, -0.05) is 166 Å². The van der Waals surface area contributed by atoms with E-state index in [0.717, 1.165) is 33.5 Å². The number of hydrogen-bond donors (Lipinski definition) is 0. The molecule has 7 rings (SSSR count). The third-order valence-corrected chi connectivity index (χ3v) is 16.5. The van der Waals surface area contributed by atoms with Gasteiger partial charge in [-0.05, 0) is 81.3 Å². The van der Waals surface area contributed by atoms with E-state index in [-0.39, 0.29) is 23.2 Å². The van der Waals surface area contributed by atoms with E-state index < -0.39 is 8.32 Å². The van der Waals surface area contributed by atoms with E-state index in [2.05, 4.69) is 166 Å². The van der Waals surface area contributed by atoms with E-state index >= 15 is 0 Å². The van der Waals surface area contributed by atoms with Gasteiger partial charge in [0, 0.05) is 28.8 Å². The second-order valence-electron chi connectivity index (χ2n) is 15.9. The lowest BCUT2D eigenvalue weighted by Gasteiger charge is -2.45. The monoisotopic (exact) mass is 805 g/mol. The largest absolute Gasteiger partial charge is 0.493 e. The Morgan fingerprint density at radius 1 is 0.707 bits per heavy atom. The number of carbonyl (C=O) groups excluding carboxylic acids is 1. The van der Waals surface area contributed by atoms with Gasteiger partial charge in [-0.25, -0.2) is 0 Å². The molecule has 0 spiro atoms. The summed E-state index contributed by atoms with van der Waals surface area (Å²) < 4.78 is 21.8. The van der Waals surface area contributed by atoms with Crippen molar-refractivity contribution < 1.29 is 18.7 Å². The van der Waals surface area contributed by atoms with Crippen molar-refractivity contribution in [2.45, 2.75) is 64.1 Å². The molecule has 0 aliphatic carbocycles. The van der Waals surface area contributed by atoms with Crippen molar-refractivity contribution in [1.82, 2.24) is 4.57 Å². The maximum atomic E-state index is 11.7. The summed E-state index contributed by atoms with van der Waals surface area (Å²) in [5.74, 6) is 0.554. The zero-order chi connectivity index (χ0) is 40.7. The van der Waals surface area contributed by atoms with Gasteiger partial charge in [-0.15, -0.1) is 0 Å². The summed E-state index contributed by atoms with van der Waals surface area (Å²) >= 11 is 6.88. The maximum Gasteiger partial charge on any atom is 0.305 e. The Labute approximate surface area is 349 Å². The van der Waals surface area contributed by atoms with Crippen LogP contribution >= 0.6 is 11.6 Å². The van der Waals surface area contributed by atoms with E-state index in [1.807, 2.05) is 30.3 Å². The molecule has 58 heavy (non-hydrogen) atoms. The Morgan fingerprint density at radius 3 is 1.76 bits per heavy atom. The van der Waals surface area contributed by atoms with Crippen LogP contribution in [0, 0.1) is 0 Å². The predicted molar refractivity (Wildman–Crippen MR) is 240 cm³/mol. The summed E-state index contributed by atoms with van der Waals surface area (Å²) in [6.07, 6.45) is 1.22. The van der Waals surface area contributed by atoms with Gasteiger partial charge in [-0.3, -0.25) is 4.79 Å². The predicted octanol–water partition coefficient (Wildman–Crippen LogP) is 11.3. The van der Waals surface area contributed by atoms with Crippen LogP contribution < -0.4 is 15.1 Å². The van der Waals surface area contributed by atoms with Gasteiger partial charge < -0.3 is 18.5 Å². The first-order valence-corrected chi connectivity index (χ1v) is 22.4. The van der Waals surface area contributed by atoms with Crippen LogP contribution in [0.15, 0.2) is 164 Å². The van der Waals surface area contributed by atoms with Gasteiger partial charge in [0.15, 0.2) is 0 Å². The number of carbonyl (C=O) groups is 1. The molecule has 0 fully saturated rings. The van der Waals surface area contributed by atoms with Gasteiger partial charge in [0.2, 0.25) is 0 Å². The fourth-order valence-electron chi connectivity index (χ4n) is 8.50. The van der Waals surface area contributed by atoms with Gasteiger partial charge in [0.05, 0.1) is 31.6 Å². The molecule has 0 saturated heterocycles. The highest BCUT2D eigenvalue weighted by Gasteiger charge is 2.51. The summed E-state index contributed by atoms with van der Waals surface area (Å²) in [7, 11) is -1.58. The fourth-order valence-corrected chi connectivity index (χ4v) is 13.3. The molecule has 296 valence electrons. The minimum atomic E-state index is -3.00. The van der Waals surface area contributed by atoms with Crippen LogP contribution in [-0.4, -0.2) is 32.6 Å². The summed E-state index contributed by atoms with van der Waals surface area (Å²) in [6, 6.07) is 57.2. The van der Waals surface area contributed by atoms with Crippen molar-refractivity contribution in [3.63, 3.8) is 0 Å². The topological polar surface area (TPSA) is 49.7 Å². The summed E-state index contributed by atoms with van der Waals surface area (Å²) in [5, 5.41) is 3.99. The molecular formula is C51H52ClNO4Si. The van der Waals surface area contributed by atoms with Crippen LogP contribution in [0.1, 0.15) is 74.2 Å². The van der Waals surface area contributed by atoms with Crippen molar-refractivity contribution in [1.29, 1.82) is 0 Å². The molecule has 1 aromatic heterocycles. The number of rotatable bonds is 15. The third kappa shape index (κ3) is 8.56. The van der Waals surface area contributed by atoms with Gasteiger partial charge >= 0.3 is 5.97 Å². The first-order chi connectivity index (χ1) is 28.1. The van der Waals surface area contributed by atoms with E-state index in [4.69, 9.17) is 25.5 Å². The van der Waals surface area contributed by atoms with Crippen LogP contribution in [0.4, 0.5) is 0 Å². The number of fused-ring (bicyclic) bond motifs is 1. The number of esters is 1. The lowest BCUT2D eigenvalue weighted by molar-refractivity contribution is -0.140. The molecule has 1 atom stereocenters. The standard InChI is InChI=1S/C51H52ClNO4Si/c1-37(57-58(51(2,3)4,43-22-14-8-15-23-43)44-24-16-9-17-25-44)49-45(34-35-56-42-30-26-38(27-31-42)28-33-48(54)55-5)46-36-41(52)29-32-47(46)53(49)50(39-18-10-6-11-19-39)40-20-12-7-13-21-40/h6-27,29-32,36-37,50H,28,33-35H2,1-5H3. The Hall–Kier alpha value is -5.40. The Kier molecular flexibility index (Phi) is 12.7. The molecule has 0 bridgehead atoms. The summed E-state index contributed by atoms with van der Waals surface area (Å²) in [4.78, 5) is 11.7. The fraction of sp³-hybridized carbons (Fsp3) is 0.235. The number of benzene rings is 6. The quantitative estimate of drug-likeness (QED) is 0.0765. The summed E-state index contributed by atoms with van der Waals surface area (Å²) in [5.41, 5.74) is 6.74. The molecule has 1 heterocycles. The average molecular weight is 807 g/mol. The molecule has 6 aromatic carbocycles. The van der Waals surface area contributed by atoms with Gasteiger partial charge in [-0.2, -0.15) is 0 Å². The molecule has 5 nitrogen and oxygen atoms in total. The van der Waals surface area contributed by atoms with Crippen molar-refractivity contribution >= 4 is 47.2 Å². The third-order valence-electron chi connectivity index (χ3n) is 11.1. The highest BCUT2D eigenvalue weighted by molar-refractivity contribution is 6.99.